The molecule has 0 aliphatic heterocycles. The molecular formula is C6H3BrClF2N. The molecule has 0 bridgehead atoms. The van der Waals surface area contributed by atoms with E-state index in [1.165, 1.54) is 12.3 Å². The molecule has 0 unspecified atom stereocenters. The first-order valence-electron chi connectivity index (χ1n) is 2.70. The van der Waals surface area contributed by atoms with E-state index in [1.54, 1.807) is 0 Å². The maximum absolute atomic E-state index is 12.0. The average molecular weight is 242 g/mol. The van der Waals surface area contributed by atoms with Crippen LogP contribution in [0.5, 0.6) is 0 Å². The Hall–Kier alpha value is -0.220. The fraction of sp³-hybridized carbons (Fsp3) is 0.167. The number of halogens is 4. The summed E-state index contributed by atoms with van der Waals surface area (Å²) in [6, 6.07) is 1.38. The zero-order valence-corrected chi connectivity index (χ0v) is 7.53. The highest BCUT2D eigenvalue weighted by atomic mass is 79.9. The zero-order valence-electron chi connectivity index (χ0n) is 5.19. The van der Waals surface area contributed by atoms with Crippen LogP contribution < -0.4 is 0 Å². The summed E-state index contributed by atoms with van der Waals surface area (Å²) in [7, 11) is 0. The first kappa shape index (κ1) is 8.87. The molecule has 1 aromatic rings. The van der Waals surface area contributed by atoms with Crippen molar-refractivity contribution in [3.63, 3.8) is 0 Å². The summed E-state index contributed by atoms with van der Waals surface area (Å²) in [5.74, 6) is 0. The molecule has 1 nitrogen and oxygen atoms in total. The van der Waals surface area contributed by atoms with Gasteiger partial charge in [-0.2, -0.15) is 0 Å². The third kappa shape index (κ3) is 2.10. The lowest BCUT2D eigenvalue weighted by molar-refractivity contribution is 0.146. The van der Waals surface area contributed by atoms with E-state index in [0.29, 0.717) is 4.47 Å². The van der Waals surface area contributed by atoms with Crippen LogP contribution >= 0.6 is 27.5 Å². The second kappa shape index (κ2) is 3.45. The van der Waals surface area contributed by atoms with E-state index >= 15 is 0 Å². The van der Waals surface area contributed by atoms with Crippen LogP contribution in [0.4, 0.5) is 8.78 Å². The SMILES string of the molecule is FC(F)c1ncc(Br)cc1Cl. The second-order valence-electron chi connectivity index (χ2n) is 1.82. The molecule has 0 radical (unpaired) electrons. The molecule has 60 valence electrons. The fourth-order valence-electron chi connectivity index (χ4n) is 0.586. The Morgan fingerprint density at radius 1 is 1.55 bits per heavy atom. The van der Waals surface area contributed by atoms with Gasteiger partial charge in [-0.1, -0.05) is 11.6 Å². The van der Waals surface area contributed by atoms with Gasteiger partial charge in [0.1, 0.15) is 5.69 Å². The maximum atomic E-state index is 12.0. The second-order valence-corrected chi connectivity index (χ2v) is 3.14. The summed E-state index contributed by atoms with van der Waals surface area (Å²) < 4.78 is 24.6. The van der Waals surface area contributed by atoms with Crippen LogP contribution in [0, 0.1) is 0 Å². The topological polar surface area (TPSA) is 12.9 Å². The van der Waals surface area contributed by atoms with E-state index in [1.807, 2.05) is 0 Å². The van der Waals surface area contributed by atoms with E-state index in [4.69, 9.17) is 11.6 Å². The molecule has 1 rings (SSSR count). The molecule has 11 heavy (non-hydrogen) atoms. The van der Waals surface area contributed by atoms with Gasteiger partial charge in [0.2, 0.25) is 0 Å². The minimum Gasteiger partial charge on any atom is -0.253 e. The molecule has 0 fully saturated rings. The lowest BCUT2D eigenvalue weighted by Gasteiger charge is -2.00. The Morgan fingerprint density at radius 3 is 2.64 bits per heavy atom. The van der Waals surface area contributed by atoms with Gasteiger partial charge in [0.05, 0.1) is 5.02 Å². The van der Waals surface area contributed by atoms with Crippen molar-refractivity contribution in [2.24, 2.45) is 0 Å². The fourth-order valence-corrected chi connectivity index (χ4v) is 1.30. The number of rotatable bonds is 1. The third-order valence-electron chi connectivity index (χ3n) is 1.04. The van der Waals surface area contributed by atoms with Crippen LogP contribution in [0.2, 0.25) is 5.02 Å². The molecule has 1 heterocycles. The molecule has 0 N–H and O–H groups in total. The zero-order chi connectivity index (χ0) is 8.43. The molecule has 5 heteroatoms. The summed E-state index contributed by atoms with van der Waals surface area (Å²) in [5, 5.41) is -0.0191. The van der Waals surface area contributed by atoms with Gasteiger partial charge < -0.3 is 0 Å². The number of nitrogens with zero attached hydrogens (tertiary/aromatic N) is 1. The summed E-state index contributed by atoms with van der Waals surface area (Å²) in [4.78, 5) is 3.45. The number of pyridine rings is 1. The molecule has 0 aliphatic rings. The minimum atomic E-state index is -2.62. The largest absolute Gasteiger partial charge is 0.281 e. The van der Waals surface area contributed by atoms with Crippen molar-refractivity contribution in [2.75, 3.05) is 0 Å². The van der Waals surface area contributed by atoms with Crippen molar-refractivity contribution in [3.8, 4) is 0 Å². The summed E-state index contributed by atoms with van der Waals surface area (Å²) in [6.07, 6.45) is -1.33. The molecule has 0 amide bonds. The lowest BCUT2D eigenvalue weighted by atomic mass is 10.4. The Balaban J connectivity index is 3.09. The van der Waals surface area contributed by atoms with Crippen LogP contribution in [-0.4, -0.2) is 4.98 Å². The molecular weight excluding hydrogens is 239 g/mol. The molecule has 0 saturated carbocycles. The monoisotopic (exact) mass is 241 g/mol. The van der Waals surface area contributed by atoms with E-state index in [2.05, 4.69) is 20.9 Å². The lowest BCUT2D eigenvalue weighted by Crippen LogP contribution is -1.90. The van der Waals surface area contributed by atoms with Crippen molar-refractivity contribution in [2.45, 2.75) is 6.43 Å². The molecule has 0 spiro atoms. The first-order valence-corrected chi connectivity index (χ1v) is 3.87. The van der Waals surface area contributed by atoms with Crippen LogP contribution in [-0.2, 0) is 0 Å². The van der Waals surface area contributed by atoms with Crippen molar-refractivity contribution in [1.82, 2.24) is 4.98 Å². The normalized spacial score (nSPS) is 10.6. The van der Waals surface area contributed by atoms with Crippen LogP contribution in [0.3, 0.4) is 0 Å². The van der Waals surface area contributed by atoms with Crippen LogP contribution in [0.1, 0.15) is 12.1 Å². The van der Waals surface area contributed by atoms with Crippen LogP contribution in [0.25, 0.3) is 0 Å². The predicted octanol–water partition coefficient (Wildman–Crippen LogP) is 3.44. The highest BCUT2D eigenvalue weighted by molar-refractivity contribution is 9.10. The Bertz CT molecular complexity index is 267. The number of hydrogen-bond donors (Lipinski definition) is 0. The quantitative estimate of drug-likeness (QED) is 0.735. The number of hydrogen-bond acceptors (Lipinski definition) is 1. The van der Waals surface area contributed by atoms with Gasteiger partial charge in [0, 0.05) is 10.7 Å². The molecule has 0 aromatic carbocycles. The van der Waals surface area contributed by atoms with Gasteiger partial charge in [-0.3, -0.25) is 4.98 Å². The van der Waals surface area contributed by atoms with E-state index in [9.17, 15) is 8.78 Å². The Morgan fingerprint density at radius 2 is 2.18 bits per heavy atom. The summed E-state index contributed by atoms with van der Waals surface area (Å²) in [5.41, 5.74) is -0.380. The molecule has 1 aromatic heterocycles. The van der Waals surface area contributed by atoms with E-state index in [-0.39, 0.29) is 10.7 Å². The molecule has 0 aliphatic carbocycles. The third-order valence-corrected chi connectivity index (χ3v) is 1.78. The van der Waals surface area contributed by atoms with Gasteiger partial charge in [0.15, 0.2) is 0 Å². The van der Waals surface area contributed by atoms with Gasteiger partial charge in [-0.15, -0.1) is 0 Å². The van der Waals surface area contributed by atoms with E-state index < -0.39 is 6.43 Å². The minimum absolute atomic E-state index is 0.0191. The predicted molar refractivity (Wildman–Crippen MR) is 41.9 cm³/mol. The highest BCUT2D eigenvalue weighted by Crippen LogP contribution is 2.26. The first-order chi connectivity index (χ1) is 5.11. The summed E-state index contributed by atoms with van der Waals surface area (Å²) >= 11 is 8.51. The number of aromatic nitrogens is 1. The van der Waals surface area contributed by atoms with Crippen molar-refractivity contribution in [3.05, 3.63) is 27.5 Å². The molecule has 0 saturated heterocycles. The van der Waals surface area contributed by atoms with Crippen LogP contribution in [0.15, 0.2) is 16.7 Å². The van der Waals surface area contributed by atoms with Gasteiger partial charge in [-0.05, 0) is 22.0 Å². The van der Waals surface area contributed by atoms with Gasteiger partial charge in [-0.25, -0.2) is 8.78 Å². The highest BCUT2D eigenvalue weighted by Gasteiger charge is 2.12. The van der Waals surface area contributed by atoms with Gasteiger partial charge in [0.25, 0.3) is 6.43 Å². The number of alkyl halides is 2. The maximum Gasteiger partial charge on any atom is 0.281 e. The van der Waals surface area contributed by atoms with E-state index in [0.717, 1.165) is 0 Å². The van der Waals surface area contributed by atoms with Gasteiger partial charge >= 0.3 is 0 Å². The smallest absolute Gasteiger partial charge is 0.253 e. The van der Waals surface area contributed by atoms with Crippen molar-refractivity contribution in [1.29, 1.82) is 0 Å². The molecule has 0 atom stereocenters. The summed E-state index contributed by atoms with van der Waals surface area (Å²) in [6.45, 7) is 0. The Kier molecular flexibility index (Phi) is 2.78. The standard InChI is InChI=1S/C6H3BrClF2N/c7-3-1-4(8)5(6(9)10)11-2-3/h1-2,6H. The van der Waals surface area contributed by atoms with Crippen molar-refractivity contribution >= 4 is 27.5 Å². The van der Waals surface area contributed by atoms with Crippen molar-refractivity contribution < 1.29 is 8.78 Å². The average Bonchev–Trinajstić information content (AvgIpc) is 1.85. The Labute approximate surface area is 75.5 Å².